The molecule has 148 valence electrons. The smallest absolute Gasteiger partial charge is 0.272 e. The zero-order valence-electron chi connectivity index (χ0n) is 16.1. The van der Waals surface area contributed by atoms with Gasteiger partial charge in [0.15, 0.2) is 15.5 Å². The van der Waals surface area contributed by atoms with E-state index in [1.165, 1.54) is 10.6 Å². The standard InChI is InChI=1S/C18H26N4O4S/c1-11(19-16(23)7-12-5-6-27(25,26)10-12)13-8-17(24)22-15(20-13)9-14(21-22)18(2,3)4/h8-9,11-12,21H,5-7,10H2,1-4H3,(H,19,23)/t11-,12-/m0/s1. The number of fused-ring (bicyclic) bond motifs is 1. The normalized spacial score (nSPS) is 20.7. The van der Waals surface area contributed by atoms with Crippen LogP contribution in [-0.4, -0.2) is 40.4 Å². The third kappa shape index (κ3) is 4.40. The molecule has 0 bridgehead atoms. The molecule has 0 radical (unpaired) electrons. The minimum Gasteiger partial charge on any atom is -0.348 e. The van der Waals surface area contributed by atoms with Crippen LogP contribution in [0.2, 0.25) is 0 Å². The third-order valence-corrected chi connectivity index (χ3v) is 6.74. The Labute approximate surface area is 158 Å². The van der Waals surface area contributed by atoms with E-state index in [0.717, 1.165) is 5.69 Å². The van der Waals surface area contributed by atoms with E-state index in [2.05, 4.69) is 15.4 Å². The van der Waals surface area contributed by atoms with Crippen LogP contribution in [-0.2, 0) is 20.0 Å². The Hall–Kier alpha value is -2.16. The third-order valence-electron chi connectivity index (χ3n) is 4.90. The van der Waals surface area contributed by atoms with Crippen LogP contribution >= 0.6 is 0 Å². The molecule has 0 spiro atoms. The summed E-state index contributed by atoms with van der Waals surface area (Å²) in [5.41, 5.74) is 1.48. The van der Waals surface area contributed by atoms with Crippen molar-refractivity contribution in [1.29, 1.82) is 0 Å². The van der Waals surface area contributed by atoms with Crippen molar-refractivity contribution in [3.8, 4) is 0 Å². The van der Waals surface area contributed by atoms with E-state index in [4.69, 9.17) is 0 Å². The summed E-state index contributed by atoms with van der Waals surface area (Å²) < 4.78 is 24.4. The second kappa shape index (κ2) is 6.78. The Morgan fingerprint density at radius 3 is 2.70 bits per heavy atom. The van der Waals surface area contributed by atoms with Gasteiger partial charge >= 0.3 is 0 Å². The van der Waals surface area contributed by atoms with E-state index in [-0.39, 0.29) is 40.7 Å². The summed E-state index contributed by atoms with van der Waals surface area (Å²) in [6, 6.07) is 2.80. The summed E-state index contributed by atoms with van der Waals surface area (Å²) in [4.78, 5) is 29.1. The molecule has 0 saturated carbocycles. The Bertz CT molecular complexity index is 1030. The number of aromatic nitrogens is 3. The van der Waals surface area contributed by atoms with Crippen molar-refractivity contribution >= 4 is 21.4 Å². The summed E-state index contributed by atoms with van der Waals surface area (Å²) in [5.74, 6) is -0.142. The molecule has 0 unspecified atom stereocenters. The van der Waals surface area contributed by atoms with E-state index < -0.39 is 15.9 Å². The Morgan fingerprint density at radius 1 is 1.41 bits per heavy atom. The lowest BCUT2D eigenvalue weighted by Gasteiger charge is -2.15. The van der Waals surface area contributed by atoms with Gasteiger partial charge in [-0.1, -0.05) is 20.8 Å². The molecule has 1 aliphatic heterocycles. The molecule has 3 rings (SSSR count). The zero-order chi connectivity index (χ0) is 20.0. The Balaban J connectivity index is 1.74. The molecule has 2 aromatic heterocycles. The van der Waals surface area contributed by atoms with Crippen LogP contribution in [0.3, 0.4) is 0 Å². The van der Waals surface area contributed by atoms with Gasteiger partial charge < -0.3 is 5.32 Å². The summed E-state index contributed by atoms with van der Waals surface area (Å²) in [6.07, 6.45) is 0.692. The first-order chi connectivity index (χ1) is 12.4. The number of carbonyl (C=O) groups is 1. The van der Waals surface area contributed by atoms with Gasteiger partial charge in [0, 0.05) is 29.7 Å². The number of hydrogen-bond acceptors (Lipinski definition) is 5. The van der Waals surface area contributed by atoms with Crippen LogP contribution in [0.1, 0.15) is 58.0 Å². The molecular weight excluding hydrogens is 368 g/mol. The maximum Gasteiger partial charge on any atom is 0.272 e. The van der Waals surface area contributed by atoms with E-state index in [1.807, 2.05) is 26.8 Å². The Kier molecular flexibility index (Phi) is 4.92. The fraction of sp³-hybridized carbons (Fsp3) is 0.611. The number of carbonyl (C=O) groups excluding carboxylic acids is 1. The van der Waals surface area contributed by atoms with E-state index in [1.54, 1.807) is 6.92 Å². The van der Waals surface area contributed by atoms with Gasteiger partial charge in [-0.05, 0) is 19.3 Å². The van der Waals surface area contributed by atoms with E-state index >= 15 is 0 Å². The van der Waals surface area contributed by atoms with E-state index in [9.17, 15) is 18.0 Å². The summed E-state index contributed by atoms with van der Waals surface area (Å²) >= 11 is 0. The highest BCUT2D eigenvalue weighted by Crippen LogP contribution is 2.23. The molecule has 9 heteroatoms. The van der Waals surface area contributed by atoms with Gasteiger partial charge in [0.1, 0.15) is 0 Å². The molecule has 3 heterocycles. The molecule has 1 fully saturated rings. The number of rotatable bonds is 4. The predicted molar refractivity (Wildman–Crippen MR) is 102 cm³/mol. The summed E-state index contributed by atoms with van der Waals surface area (Å²) in [7, 11) is -3.00. The van der Waals surface area contributed by atoms with Crippen LogP contribution in [0.5, 0.6) is 0 Å². The lowest BCUT2D eigenvalue weighted by atomic mass is 9.93. The number of hydrogen-bond donors (Lipinski definition) is 2. The minimum atomic E-state index is -3.00. The molecule has 1 aliphatic rings. The number of H-pyrrole nitrogens is 1. The number of aromatic amines is 1. The molecule has 8 nitrogen and oxygen atoms in total. The molecule has 27 heavy (non-hydrogen) atoms. The average Bonchev–Trinajstić information content (AvgIpc) is 3.10. The molecule has 0 aliphatic carbocycles. The van der Waals surface area contributed by atoms with Crippen molar-refractivity contribution in [3.63, 3.8) is 0 Å². The second-order valence-electron chi connectivity index (χ2n) is 8.40. The van der Waals surface area contributed by atoms with Crippen LogP contribution < -0.4 is 10.9 Å². The summed E-state index contributed by atoms with van der Waals surface area (Å²) in [6.45, 7) is 7.88. The van der Waals surface area contributed by atoms with Gasteiger partial charge in [-0.3, -0.25) is 14.7 Å². The van der Waals surface area contributed by atoms with Gasteiger partial charge in [0.05, 0.1) is 23.2 Å². The zero-order valence-corrected chi connectivity index (χ0v) is 16.9. The van der Waals surface area contributed by atoms with Crippen molar-refractivity contribution in [2.75, 3.05) is 11.5 Å². The van der Waals surface area contributed by atoms with Crippen LogP contribution in [0.4, 0.5) is 0 Å². The van der Waals surface area contributed by atoms with Gasteiger partial charge in [-0.25, -0.2) is 17.9 Å². The van der Waals surface area contributed by atoms with Crippen molar-refractivity contribution in [3.05, 3.63) is 33.9 Å². The quantitative estimate of drug-likeness (QED) is 0.812. The van der Waals surface area contributed by atoms with Crippen LogP contribution in [0, 0.1) is 5.92 Å². The SMILES string of the molecule is C[C@H](NC(=O)C[C@@H]1CCS(=O)(=O)C1)c1cc(=O)n2[nH]c(C(C)(C)C)cc2n1. The van der Waals surface area contributed by atoms with Gasteiger partial charge in [-0.15, -0.1) is 0 Å². The van der Waals surface area contributed by atoms with Crippen molar-refractivity contribution in [2.45, 2.75) is 52.0 Å². The molecule has 2 N–H and O–H groups in total. The van der Waals surface area contributed by atoms with Crippen molar-refractivity contribution < 1.29 is 13.2 Å². The highest BCUT2D eigenvalue weighted by atomic mass is 32.2. The van der Waals surface area contributed by atoms with Gasteiger partial charge in [-0.2, -0.15) is 0 Å². The number of amides is 1. The van der Waals surface area contributed by atoms with Crippen LogP contribution in [0.25, 0.3) is 5.65 Å². The first kappa shape index (κ1) is 19.6. The molecule has 1 amide bonds. The van der Waals surface area contributed by atoms with E-state index in [0.29, 0.717) is 17.8 Å². The molecule has 2 atom stereocenters. The predicted octanol–water partition coefficient (Wildman–Crippen LogP) is 1.32. The topological polar surface area (TPSA) is 113 Å². The number of sulfone groups is 1. The van der Waals surface area contributed by atoms with Crippen molar-refractivity contribution in [2.24, 2.45) is 5.92 Å². The largest absolute Gasteiger partial charge is 0.348 e. The van der Waals surface area contributed by atoms with Gasteiger partial charge in [0.25, 0.3) is 5.56 Å². The van der Waals surface area contributed by atoms with Crippen molar-refractivity contribution in [1.82, 2.24) is 19.9 Å². The highest BCUT2D eigenvalue weighted by molar-refractivity contribution is 7.91. The van der Waals surface area contributed by atoms with Crippen LogP contribution in [0.15, 0.2) is 16.9 Å². The second-order valence-corrected chi connectivity index (χ2v) is 10.6. The molecule has 1 saturated heterocycles. The first-order valence-electron chi connectivity index (χ1n) is 9.07. The monoisotopic (exact) mass is 394 g/mol. The average molecular weight is 394 g/mol. The lowest BCUT2D eigenvalue weighted by molar-refractivity contribution is -0.122. The molecule has 2 aromatic rings. The van der Waals surface area contributed by atoms with Gasteiger partial charge in [0.2, 0.25) is 5.91 Å². The first-order valence-corrected chi connectivity index (χ1v) is 10.9. The maximum atomic E-state index is 12.4. The fourth-order valence-electron chi connectivity index (χ4n) is 3.29. The molecule has 0 aromatic carbocycles. The Morgan fingerprint density at radius 2 is 2.11 bits per heavy atom. The number of nitrogens with zero attached hydrogens (tertiary/aromatic N) is 2. The lowest BCUT2D eigenvalue weighted by Crippen LogP contribution is -2.30. The number of nitrogens with one attached hydrogen (secondary N) is 2. The fourth-order valence-corrected chi connectivity index (χ4v) is 5.15. The maximum absolute atomic E-state index is 12.4. The highest BCUT2D eigenvalue weighted by Gasteiger charge is 2.29. The summed E-state index contributed by atoms with van der Waals surface area (Å²) in [5, 5.41) is 5.89. The molecular formula is C18H26N4O4S. The minimum absolute atomic E-state index is 0.0687.